The number of rotatable bonds is 35. The Hall–Kier alpha value is -2.02. The van der Waals surface area contributed by atoms with E-state index in [1.165, 1.54) is 57.8 Å². The van der Waals surface area contributed by atoms with E-state index >= 15 is 0 Å². The van der Waals surface area contributed by atoms with Gasteiger partial charge in [-0.2, -0.15) is 0 Å². The molecule has 15 nitrogen and oxygen atoms in total. The van der Waals surface area contributed by atoms with Crippen molar-refractivity contribution in [3.05, 3.63) is 24.3 Å². The second kappa shape index (κ2) is 34.4. The molecule has 0 aliphatic carbocycles. The van der Waals surface area contributed by atoms with Crippen LogP contribution in [0.4, 0.5) is 0 Å². The highest BCUT2D eigenvalue weighted by molar-refractivity contribution is 5.70. The summed E-state index contributed by atoms with van der Waals surface area (Å²) < 4.78 is 33.4. The highest BCUT2D eigenvalue weighted by Crippen LogP contribution is 2.26. The minimum absolute atomic E-state index is 0.151. The molecular weight excluding hydrogens is 792 g/mol. The number of aliphatic hydroxyl groups is 7. The van der Waals surface area contributed by atoms with Crippen LogP contribution in [-0.2, 0) is 38.0 Å². The Bertz CT molecular complexity index is 1170. The first-order valence-corrected chi connectivity index (χ1v) is 23.4. The minimum atomic E-state index is -1.76. The fraction of sp³-hybridized carbons (Fsp3) is 0.870. The standard InChI is InChI=1S/C46H82O15/c1-3-5-7-9-11-13-15-16-17-18-19-21-23-25-27-29-38(49)59-34(31-56-37(48)28-26-24-22-20-14-12-10-8-6-4-2)32-57-45-44(55)42(53)40(51)36(61-45)33-58-46-43(54)41(52)39(50)35(30-47)60-46/h11,13,16-17,34-36,39-47,50-55H,3-10,12,14-15,18-33H2,1-2H3/b13-11-,17-16-. The van der Waals surface area contributed by atoms with Crippen molar-refractivity contribution in [3.63, 3.8) is 0 Å². The van der Waals surface area contributed by atoms with Crippen LogP contribution in [0.5, 0.6) is 0 Å². The first-order valence-electron chi connectivity index (χ1n) is 23.4. The molecule has 0 amide bonds. The summed E-state index contributed by atoms with van der Waals surface area (Å²) in [7, 11) is 0. The molecule has 2 fully saturated rings. The average Bonchev–Trinajstić information content (AvgIpc) is 3.25. The number of carbonyl (C=O) groups is 2. The molecule has 0 aromatic rings. The molecule has 0 saturated carbocycles. The van der Waals surface area contributed by atoms with Gasteiger partial charge in [-0.3, -0.25) is 9.59 Å². The molecule has 0 radical (unpaired) electrons. The van der Waals surface area contributed by atoms with Crippen LogP contribution in [0.25, 0.3) is 0 Å². The molecule has 2 saturated heterocycles. The Morgan fingerprint density at radius 3 is 1.56 bits per heavy atom. The van der Waals surface area contributed by atoms with Crippen LogP contribution in [0.15, 0.2) is 24.3 Å². The molecule has 2 aliphatic rings. The van der Waals surface area contributed by atoms with Crippen LogP contribution in [-0.4, -0.2) is 142 Å². The number of esters is 2. The van der Waals surface area contributed by atoms with Crippen molar-refractivity contribution in [1.82, 2.24) is 0 Å². The molecule has 61 heavy (non-hydrogen) atoms. The molecule has 2 heterocycles. The van der Waals surface area contributed by atoms with E-state index in [0.717, 1.165) is 64.2 Å². The zero-order valence-electron chi connectivity index (χ0n) is 37.1. The number of hydrogen-bond donors (Lipinski definition) is 7. The smallest absolute Gasteiger partial charge is 0.306 e. The molecule has 15 heteroatoms. The Morgan fingerprint density at radius 1 is 0.525 bits per heavy atom. The molecule has 0 spiro atoms. The maximum atomic E-state index is 12.9. The summed E-state index contributed by atoms with van der Waals surface area (Å²) in [5.74, 6) is -0.941. The summed E-state index contributed by atoms with van der Waals surface area (Å²) in [6, 6.07) is 0. The maximum Gasteiger partial charge on any atom is 0.306 e. The quantitative estimate of drug-likeness (QED) is 0.0246. The van der Waals surface area contributed by atoms with Crippen LogP contribution in [0.1, 0.15) is 162 Å². The third kappa shape index (κ3) is 23.5. The largest absolute Gasteiger partial charge is 0.462 e. The summed E-state index contributed by atoms with van der Waals surface area (Å²) in [5.41, 5.74) is 0. The van der Waals surface area contributed by atoms with E-state index in [2.05, 4.69) is 38.2 Å². The fourth-order valence-electron chi connectivity index (χ4n) is 7.25. The van der Waals surface area contributed by atoms with Gasteiger partial charge in [0.2, 0.25) is 0 Å². The lowest BCUT2D eigenvalue weighted by molar-refractivity contribution is -0.332. The van der Waals surface area contributed by atoms with E-state index in [-0.39, 0.29) is 26.1 Å². The highest BCUT2D eigenvalue weighted by Gasteiger charge is 2.47. The maximum absolute atomic E-state index is 12.9. The second-order valence-corrected chi connectivity index (χ2v) is 16.6. The minimum Gasteiger partial charge on any atom is -0.462 e. The normalized spacial score (nSPS) is 27.5. The number of aliphatic hydroxyl groups excluding tert-OH is 7. The van der Waals surface area contributed by atoms with Crippen molar-refractivity contribution in [1.29, 1.82) is 0 Å². The molecule has 7 N–H and O–H groups in total. The third-order valence-electron chi connectivity index (χ3n) is 11.2. The Morgan fingerprint density at radius 2 is 0.984 bits per heavy atom. The van der Waals surface area contributed by atoms with Crippen molar-refractivity contribution in [3.8, 4) is 0 Å². The Balaban J connectivity index is 1.85. The van der Waals surface area contributed by atoms with E-state index in [4.69, 9.17) is 28.4 Å². The molecule has 2 rings (SSSR count). The molecule has 0 aromatic carbocycles. The summed E-state index contributed by atoms with van der Waals surface area (Å²) in [4.78, 5) is 25.6. The van der Waals surface area contributed by atoms with Crippen LogP contribution >= 0.6 is 0 Å². The van der Waals surface area contributed by atoms with Gasteiger partial charge in [-0.1, -0.05) is 128 Å². The summed E-state index contributed by atoms with van der Waals surface area (Å²) >= 11 is 0. The van der Waals surface area contributed by atoms with Crippen LogP contribution in [0.3, 0.4) is 0 Å². The van der Waals surface area contributed by atoms with Gasteiger partial charge in [0, 0.05) is 12.8 Å². The van der Waals surface area contributed by atoms with Crippen molar-refractivity contribution in [2.75, 3.05) is 26.4 Å². The Labute approximate surface area is 364 Å². The van der Waals surface area contributed by atoms with Gasteiger partial charge in [0.1, 0.15) is 55.4 Å². The molecule has 11 unspecified atom stereocenters. The monoisotopic (exact) mass is 875 g/mol. The van der Waals surface area contributed by atoms with Gasteiger partial charge in [-0.25, -0.2) is 0 Å². The van der Waals surface area contributed by atoms with Gasteiger partial charge in [0.05, 0.1) is 19.8 Å². The van der Waals surface area contributed by atoms with E-state index in [1.54, 1.807) is 0 Å². The Kier molecular flexibility index (Phi) is 31.1. The number of hydrogen-bond acceptors (Lipinski definition) is 15. The van der Waals surface area contributed by atoms with E-state index in [0.29, 0.717) is 12.8 Å². The first-order chi connectivity index (χ1) is 29.5. The number of carbonyl (C=O) groups excluding carboxylic acids is 2. The number of ether oxygens (including phenoxy) is 6. The molecule has 11 atom stereocenters. The van der Waals surface area contributed by atoms with Gasteiger partial charge in [0.25, 0.3) is 0 Å². The zero-order valence-corrected chi connectivity index (χ0v) is 37.1. The summed E-state index contributed by atoms with van der Waals surface area (Å²) in [6.45, 7) is 2.52. The predicted molar refractivity (Wildman–Crippen MR) is 229 cm³/mol. The van der Waals surface area contributed by atoms with Gasteiger partial charge >= 0.3 is 11.9 Å². The van der Waals surface area contributed by atoms with Crippen molar-refractivity contribution in [2.45, 2.75) is 229 Å². The van der Waals surface area contributed by atoms with Crippen molar-refractivity contribution < 1.29 is 73.8 Å². The van der Waals surface area contributed by atoms with Gasteiger partial charge in [-0.05, 0) is 44.9 Å². The van der Waals surface area contributed by atoms with Crippen molar-refractivity contribution in [2.24, 2.45) is 0 Å². The molecule has 356 valence electrons. The van der Waals surface area contributed by atoms with Gasteiger partial charge in [0.15, 0.2) is 18.7 Å². The molecular formula is C46H82O15. The third-order valence-corrected chi connectivity index (χ3v) is 11.2. The molecule has 2 aliphatic heterocycles. The second-order valence-electron chi connectivity index (χ2n) is 16.6. The first kappa shape index (κ1) is 55.1. The lowest BCUT2D eigenvalue weighted by atomic mass is 9.98. The topological polar surface area (TPSA) is 231 Å². The van der Waals surface area contributed by atoms with Gasteiger partial charge < -0.3 is 64.2 Å². The van der Waals surface area contributed by atoms with Gasteiger partial charge in [-0.15, -0.1) is 0 Å². The summed E-state index contributed by atoms with van der Waals surface area (Å²) in [5, 5.41) is 71.8. The van der Waals surface area contributed by atoms with Crippen LogP contribution < -0.4 is 0 Å². The van der Waals surface area contributed by atoms with E-state index < -0.39 is 92.7 Å². The van der Waals surface area contributed by atoms with E-state index in [9.17, 15) is 45.3 Å². The fourth-order valence-corrected chi connectivity index (χ4v) is 7.25. The molecule has 0 aromatic heterocycles. The SMILES string of the molecule is CCCCC/C=C\C/C=C\CCCCCCCC(=O)OC(COC(=O)CCCCCCCCCCCC)COC1OC(COC2OC(CO)C(O)C(O)C2O)C(O)C(O)C1O. The van der Waals surface area contributed by atoms with Crippen molar-refractivity contribution >= 4 is 11.9 Å². The highest BCUT2D eigenvalue weighted by atomic mass is 16.7. The lowest BCUT2D eigenvalue weighted by Gasteiger charge is -2.42. The number of allylic oxidation sites excluding steroid dienone is 4. The van der Waals surface area contributed by atoms with Crippen LogP contribution in [0, 0.1) is 0 Å². The lowest BCUT2D eigenvalue weighted by Crippen LogP contribution is -2.61. The molecule has 0 bridgehead atoms. The predicted octanol–water partition coefficient (Wildman–Crippen LogP) is 5.21. The zero-order chi connectivity index (χ0) is 44.7. The summed E-state index contributed by atoms with van der Waals surface area (Å²) in [6.07, 6.45) is 15.1. The van der Waals surface area contributed by atoms with Crippen LogP contribution in [0.2, 0.25) is 0 Å². The van der Waals surface area contributed by atoms with E-state index in [1.807, 2.05) is 0 Å². The number of unbranched alkanes of at least 4 members (excludes halogenated alkanes) is 17. The average molecular weight is 875 g/mol.